The summed E-state index contributed by atoms with van der Waals surface area (Å²) in [4.78, 5) is 12.2. The molecule has 0 radical (unpaired) electrons. The number of rotatable bonds is 4. The lowest BCUT2D eigenvalue weighted by Gasteiger charge is -2.16. The van der Waals surface area contributed by atoms with Crippen molar-refractivity contribution in [2.75, 3.05) is 11.1 Å². The number of halogens is 1. The maximum Gasteiger partial charge on any atom is 0.265 e. The molecule has 4 nitrogen and oxygen atoms in total. The summed E-state index contributed by atoms with van der Waals surface area (Å²) >= 11 is 6.01. The number of nitrogens with one attached hydrogen (secondary N) is 1. The molecule has 0 saturated carbocycles. The van der Waals surface area contributed by atoms with E-state index >= 15 is 0 Å². The Bertz CT molecular complexity index is 658. The van der Waals surface area contributed by atoms with E-state index in [1.807, 2.05) is 13.0 Å². The SMILES string of the molecule is Cc1ccc(N)cc1NC(=O)[C@@H](C)Oc1ccccc1Cl. The van der Waals surface area contributed by atoms with Crippen LogP contribution in [-0.2, 0) is 4.79 Å². The molecule has 0 saturated heterocycles. The number of nitrogens with two attached hydrogens (primary N) is 1. The summed E-state index contributed by atoms with van der Waals surface area (Å²) in [6, 6.07) is 12.4. The second-order valence-corrected chi connectivity index (χ2v) is 5.16. The molecule has 2 rings (SSSR count). The number of anilines is 2. The zero-order valence-electron chi connectivity index (χ0n) is 11.9. The molecule has 0 heterocycles. The van der Waals surface area contributed by atoms with E-state index in [0.717, 1.165) is 5.56 Å². The van der Waals surface area contributed by atoms with Gasteiger partial charge in [0, 0.05) is 11.4 Å². The largest absolute Gasteiger partial charge is 0.479 e. The van der Waals surface area contributed by atoms with Gasteiger partial charge in [0.1, 0.15) is 5.75 Å². The van der Waals surface area contributed by atoms with Crippen molar-refractivity contribution < 1.29 is 9.53 Å². The van der Waals surface area contributed by atoms with Crippen LogP contribution in [0.4, 0.5) is 11.4 Å². The summed E-state index contributed by atoms with van der Waals surface area (Å²) in [6.45, 7) is 3.56. The smallest absolute Gasteiger partial charge is 0.265 e. The van der Waals surface area contributed by atoms with Crippen molar-refractivity contribution in [1.82, 2.24) is 0 Å². The molecular weight excluding hydrogens is 288 g/mol. The average Bonchev–Trinajstić information content (AvgIpc) is 2.45. The first-order chi connectivity index (χ1) is 9.97. The van der Waals surface area contributed by atoms with Crippen LogP contribution in [0, 0.1) is 6.92 Å². The molecule has 2 aromatic carbocycles. The maximum absolute atomic E-state index is 12.2. The van der Waals surface area contributed by atoms with Crippen molar-refractivity contribution in [2.24, 2.45) is 0 Å². The van der Waals surface area contributed by atoms with Crippen LogP contribution in [0.2, 0.25) is 5.02 Å². The second-order valence-electron chi connectivity index (χ2n) is 4.75. The van der Waals surface area contributed by atoms with Crippen molar-refractivity contribution in [2.45, 2.75) is 20.0 Å². The zero-order chi connectivity index (χ0) is 15.4. The Kier molecular flexibility index (Phi) is 4.70. The standard InChI is InChI=1S/C16H17ClN2O2/c1-10-7-8-12(18)9-14(10)19-16(20)11(2)21-15-6-4-3-5-13(15)17/h3-9,11H,18H2,1-2H3,(H,19,20)/t11-/m1/s1. The van der Waals surface area contributed by atoms with Crippen LogP contribution in [0.25, 0.3) is 0 Å². The van der Waals surface area contributed by atoms with E-state index in [-0.39, 0.29) is 5.91 Å². The van der Waals surface area contributed by atoms with E-state index in [9.17, 15) is 4.79 Å². The third kappa shape index (κ3) is 3.89. The first-order valence-corrected chi connectivity index (χ1v) is 6.93. The van der Waals surface area contributed by atoms with E-state index in [2.05, 4.69) is 5.32 Å². The molecule has 110 valence electrons. The van der Waals surface area contributed by atoms with E-state index in [4.69, 9.17) is 22.1 Å². The lowest BCUT2D eigenvalue weighted by atomic mass is 10.1. The summed E-state index contributed by atoms with van der Waals surface area (Å²) in [5, 5.41) is 3.27. The number of hydrogen-bond acceptors (Lipinski definition) is 3. The lowest BCUT2D eigenvalue weighted by molar-refractivity contribution is -0.122. The fourth-order valence-electron chi connectivity index (χ4n) is 1.79. The van der Waals surface area contributed by atoms with Crippen molar-refractivity contribution in [3.8, 4) is 5.75 Å². The van der Waals surface area contributed by atoms with Crippen molar-refractivity contribution >= 4 is 28.9 Å². The van der Waals surface area contributed by atoms with Gasteiger partial charge < -0.3 is 15.8 Å². The number of amides is 1. The molecule has 0 unspecified atom stereocenters. The highest BCUT2D eigenvalue weighted by atomic mass is 35.5. The van der Waals surface area contributed by atoms with Crippen LogP contribution in [0.3, 0.4) is 0 Å². The second kappa shape index (κ2) is 6.50. The minimum absolute atomic E-state index is 0.261. The van der Waals surface area contributed by atoms with Crippen LogP contribution >= 0.6 is 11.6 Å². The van der Waals surface area contributed by atoms with E-state index in [0.29, 0.717) is 22.1 Å². The van der Waals surface area contributed by atoms with Crippen LogP contribution < -0.4 is 15.8 Å². The highest BCUT2D eigenvalue weighted by Gasteiger charge is 2.16. The molecule has 5 heteroatoms. The maximum atomic E-state index is 12.2. The van der Waals surface area contributed by atoms with E-state index < -0.39 is 6.10 Å². The molecule has 21 heavy (non-hydrogen) atoms. The summed E-state index contributed by atoms with van der Waals surface area (Å²) in [5.74, 6) is 0.217. The van der Waals surface area contributed by atoms with E-state index in [1.165, 1.54) is 0 Å². The Labute approximate surface area is 128 Å². The van der Waals surface area contributed by atoms with Crippen LogP contribution in [0.15, 0.2) is 42.5 Å². The van der Waals surface area contributed by atoms with Gasteiger partial charge in [0.2, 0.25) is 0 Å². The average molecular weight is 305 g/mol. The van der Waals surface area contributed by atoms with Crippen LogP contribution in [0.5, 0.6) is 5.75 Å². The molecule has 3 N–H and O–H groups in total. The summed E-state index contributed by atoms with van der Waals surface area (Å²) in [7, 11) is 0. The Morgan fingerprint density at radius 2 is 2.00 bits per heavy atom. The molecule has 1 atom stereocenters. The predicted molar refractivity (Wildman–Crippen MR) is 85.8 cm³/mol. The van der Waals surface area contributed by atoms with E-state index in [1.54, 1.807) is 43.3 Å². The quantitative estimate of drug-likeness (QED) is 0.848. The van der Waals surface area contributed by atoms with Crippen LogP contribution in [0.1, 0.15) is 12.5 Å². The van der Waals surface area contributed by atoms with Crippen LogP contribution in [-0.4, -0.2) is 12.0 Å². The molecule has 0 aliphatic carbocycles. The number of ether oxygens (including phenoxy) is 1. The number of hydrogen-bond donors (Lipinski definition) is 2. The van der Waals surface area contributed by atoms with Gasteiger partial charge in [-0.3, -0.25) is 4.79 Å². The molecule has 1 amide bonds. The van der Waals surface area contributed by atoms with Crippen molar-refractivity contribution in [3.05, 3.63) is 53.1 Å². The van der Waals surface area contributed by atoms with Gasteiger partial charge in [-0.25, -0.2) is 0 Å². The Morgan fingerprint density at radius 1 is 1.29 bits per heavy atom. The molecule has 0 aromatic heterocycles. The number of carbonyl (C=O) groups excluding carboxylic acids is 1. The first kappa shape index (κ1) is 15.2. The number of nitrogen functional groups attached to an aromatic ring is 1. The van der Waals surface area contributed by atoms with Gasteiger partial charge in [-0.1, -0.05) is 29.8 Å². The van der Waals surface area contributed by atoms with Gasteiger partial charge in [-0.2, -0.15) is 0 Å². The van der Waals surface area contributed by atoms with Gasteiger partial charge in [0.05, 0.1) is 5.02 Å². The monoisotopic (exact) mass is 304 g/mol. The number of aryl methyl sites for hydroxylation is 1. The third-order valence-electron chi connectivity index (χ3n) is 3.03. The van der Waals surface area contributed by atoms with Crippen molar-refractivity contribution in [1.29, 1.82) is 0 Å². The molecule has 0 bridgehead atoms. The molecular formula is C16H17ClN2O2. The first-order valence-electron chi connectivity index (χ1n) is 6.55. The fraction of sp³-hybridized carbons (Fsp3) is 0.188. The summed E-state index contributed by atoms with van der Waals surface area (Å²) in [6.07, 6.45) is -0.675. The Morgan fingerprint density at radius 3 is 2.71 bits per heavy atom. The molecule has 0 fully saturated rings. The Balaban J connectivity index is 2.06. The molecule has 0 aliphatic rings. The number of para-hydroxylation sites is 1. The summed E-state index contributed by atoms with van der Waals surface area (Å²) < 4.78 is 5.57. The minimum atomic E-state index is -0.675. The van der Waals surface area contributed by atoms with Gasteiger partial charge >= 0.3 is 0 Å². The molecule has 2 aromatic rings. The third-order valence-corrected chi connectivity index (χ3v) is 3.34. The van der Waals surface area contributed by atoms with Gasteiger partial charge in [-0.05, 0) is 43.7 Å². The minimum Gasteiger partial charge on any atom is -0.479 e. The lowest BCUT2D eigenvalue weighted by Crippen LogP contribution is -2.30. The topological polar surface area (TPSA) is 64.3 Å². The zero-order valence-corrected chi connectivity index (χ0v) is 12.6. The molecule has 0 spiro atoms. The molecule has 0 aliphatic heterocycles. The van der Waals surface area contributed by atoms with Gasteiger partial charge in [-0.15, -0.1) is 0 Å². The predicted octanol–water partition coefficient (Wildman–Crippen LogP) is 3.64. The summed E-state index contributed by atoms with van der Waals surface area (Å²) in [5.41, 5.74) is 7.92. The Hall–Kier alpha value is -2.20. The van der Waals surface area contributed by atoms with Gasteiger partial charge in [0.25, 0.3) is 5.91 Å². The van der Waals surface area contributed by atoms with Gasteiger partial charge in [0.15, 0.2) is 6.10 Å². The number of carbonyl (C=O) groups is 1. The van der Waals surface area contributed by atoms with Crippen molar-refractivity contribution in [3.63, 3.8) is 0 Å². The highest BCUT2D eigenvalue weighted by Crippen LogP contribution is 2.25. The normalized spacial score (nSPS) is 11.8. The number of benzene rings is 2. The fourth-order valence-corrected chi connectivity index (χ4v) is 1.97. The highest BCUT2D eigenvalue weighted by molar-refractivity contribution is 6.32.